The van der Waals surface area contributed by atoms with Crippen molar-refractivity contribution in [1.82, 2.24) is 14.9 Å². The predicted molar refractivity (Wildman–Crippen MR) is 57.5 cm³/mol. The first-order valence-corrected chi connectivity index (χ1v) is 5.65. The number of aromatic amines is 1. The Bertz CT molecular complexity index is 360. The number of nitrogens with zero attached hydrogens (tertiary/aromatic N) is 2. The monoisotopic (exact) mass is 273 g/mol. The van der Waals surface area contributed by atoms with Gasteiger partial charge >= 0.3 is 5.97 Å². The van der Waals surface area contributed by atoms with Crippen molar-refractivity contribution in [2.24, 2.45) is 0 Å². The first-order chi connectivity index (χ1) is 7.20. The Morgan fingerprint density at radius 3 is 2.73 bits per heavy atom. The molecule has 1 aliphatic rings. The van der Waals surface area contributed by atoms with Crippen molar-refractivity contribution in [2.45, 2.75) is 18.9 Å². The number of halogens is 1. The minimum absolute atomic E-state index is 0.585. The van der Waals surface area contributed by atoms with E-state index in [0.29, 0.717) is 10.3 Å². The van der Waals surface area contributed by atoms with Gasteiger partial charge in [0.15, 0.2) is 6.04 Å². The van der Waals surface area contributed by atoms with E-state index in [1.807, 2.05) is 4.90 Å². The molecule has 0 radical (unpaired) electrons. The van der Waals surface area contributed by atoms with Crippen LogP contribution in [0, 0.1) is 0 Å². The number of carboxylic acids is 1. The first-order valence-electron chi connectivity index (χ1n) is 4.86. The minimum atomic E-state index is -0.832. The van der Waals surface area contributed by atoms with Gasteiger partial charge in [-0.15, -0.1) is 0 Å². The van der Waals surface area contributed by atoms with Gasteiger partial charge in [0.05, 0.1) is 12.0 Å². The lowest BCUT2D eigenvalue weighted by atomic mass is 10.2. The average molecular weight is 274 g/mol. The molecule has 2 N–H and O–H groups in total. The van der Waals surface area contributed by atoms with E-state index < -0.39 is 12.0 Å². The molecule has 0 amide bonds. The Hall–Kier alpha value is -0.880. The maximum absolute atomic E-state index is 11.2. The zero-order valence-electron chi connectivity index (χ0n) is 8.11. The van der Waals surface area contributed by atoms with E-state index in [2.05, 4.69) is 25.9 Å². The van der Waals surface area contributed by atoms with Crippen LogP contribution < -0.4 is 0 Å². The van der Waals surface area contributed by atoms with Gasteiger partial charge in [-0.25, -0.2) is 4.98 Å². The molecule has 1 aromatic rings. The number of carbonyl (C=O) groups is 1. The molecule has 0 aliphatic carbocycles. The van der Waals surface area contributed by atoms with Crippen LogP contribution in [0.3, 0.4) is 0 Å². The Kier molecular flexibility index (Phi) is 3.06. The third kappa shape index (κ3) is 2.05. The van der Waals surface area contributed by atoms with Crippen LogP contribution in [0.1, 0.15) is 24.6 Å². The maximum atomic E-state index is 11.2. The molecule has 1 fully saturated rings. The molecule has 0 saturated carbocycles. The van der Waals surface area contributed by atoms with Crippen LogP contribution in [0.25, 0.3) is 0 Å². The van der Waals surface area contributed by atoms with Crippen molar-refractivity contribution in [3.63, 3.8) is 0 Å². The van der Waals surface area contributed by atoms with Crippen LogP contribution in [-0.4, -0.2) is 39.0 Å². The van der Waals surface area contributed by atoms with E-state index in [1.165, 1.54) is 6.33 Å². The standard InChI is InChI=1S/C9H12BrN3O2/c10-8-6(11-5-12-8)7(9(14)15)13-3-1-2-4-13/h5,7H,1-4H2,(H,11,12)(H,14,15). The van der Waals surface area contributed by atoms with Crippen LogP contribution in [0.5, 0.6) is 0 Å². The fourth-order valence-corrected chi connectivity index (χ4v) is 2.38. The molecule has 5 nitrogen and oxygen atoms in total. The third-order valence-electron chi connectivity index (χ3n) is 2.63. The van der Waals surface area contributed by atoms with Crippen LogP contribution in [0.15, 0.2) is 10.9 Å². The molecule has 0 bridgehead atoms. The molecular formula is C9H12BrN3O2. The molecule has 1 atom stereocenters. The number of aliphatic carboxylic acids is 1. The molecule has 82 valence electrons. The van der Waals surface area contributed by atoms with Gasteiger partial charge < -0.3 is 10.1 Å². The van der Waals surface area contributed by atoms with Gasteiger partial charge in [0.1, 0.15) is 4.60 Å². The molecule has 1 unspecified atom stereocenters. The normalized spacial score (nSPS) is 19.3. The number of hydrogen-bond donors (Lipinski definition) is 2. The van der Waals surface area contributed by atoms with Gasteiger partial charge in [0, 0.05) is 0 Å². The van der Waals surface area contributed by atoms with Gasteiger partial charge in [0.2, 0.25) is 0 Å². The summed E-state index contributed by atoms with van der Waals surface area (Å²) in [5.74, 6) is -0.832. The van der Waals surface area contributed by atoms with Crippen LogP contribution in [-0.2, 0) is 4.79 Å². The summed E-state index contributed by atoms with van der Waals surface area (Å²) in [6.07, 6.45) is 3.64. The summed E-state index contributed by atoms with van der Waals surface area (Å²) in [5, 5.41) is 9.22. The maximum Gasteiger partial charge on any atom is 0.327 e. The van der Waals surface area contributed by atoms with Gasteiger partial charge in [-0.05, 0) is 41.9 Å². The Labute approximate surface area is 95.6 Å². The van der Waals surface area contributed by atoms with E-state index in [9.17, 15) is 9.90 Å². The third-order valence-corrected chi connectivity index (χ3v) is 3.27. The molecule has 0 aromatic carbocycles. The molecule has 0 spiro atoms. The number of carboxylic acid groups (broad SMARTS) is 1. The highest BCUT2D eigenvalue weighted by Crippen LogP contribution is 2.28. The topological polar surface area (TPSA) is 69.2 Å². The number of likely N-dealkylation sites (tertiary alicyclic amines) is 1. The molecule has 1 aromatic heterocycles. The second-order valence-corrected chi connectivity index (χ2v) is 4.34. The fourth-order valence-electron chi connectivity index (χ4n) is 1.94. The lowest BCUT2D eigenvalue weighted by Gasteiger charge is -2.22. The number of rotatable bonds is 3. The van der Waals surface area contributed by atoms with Crippen molar-refractivity contribution in [3.05, 3.63) is 16.6 Å². The van der Waals surface area contributed by atoms with Gasteiger partial charge in [0.25, 0.3) is 0 Å². The summed E-state index contributed by atoms with van der Waals surface area (Å²) in [6.45, 7) is 1.67. The molecule has 15 heavy (non-hydrogen) atoms. The highest BCUT2D eigenvalue weighted by molar-refractivity contribution is 9.10. The molecule has 6 heteroatoms. The number of hydrogen-bond acceptors (Lipinski definition) is 3. The zero-order chi connectivity index (χ0) is 10.8. The van der Waals surface area contributed by atoms with Crippen molar-refractivity contribution in [3.8, 4) is 0 Å². The first kappa shape index (κ1) is 10.6. The number of nitrogens with one attached hydrogen (secondary N) is 1. The van der Waals surface area contributed by atoms with Crippen molar-refractivity contribution < 1.29 is 9.90 Å². The lowest BCUT2D eigenvalue weighted by molar-refractivity contribution is -0.143. The zero-order valence-corrected chi connectivity index (χ0v) is 9.70. The quantitative estimate of drug-likeness (QED) is 0.874. The van der Waals surface area contributed by atoms with E-state index in [4.69, 9.17) is 0 Å². The summed E-state index contributed by atoms with van der Waals surface area (Å²) in [7, 11) is 0. The second-order valence-electron chi connectivity index (χ2n) is 3.59. The highest BCUT2D eigenvalue weighted by Gasteiger charge is 2.32. The Balaban J connectivity index is 2.27. The smallest absolute Gasteiger partial charge is 0.327 e. The SMILES string of the molecule is O=C(O)C(c1[nH]cnc1Br)N1CCCC1. The minimum Gasteiger partial charge on any atom is -0.480 e. The Morgan fingerprint density at radius 1 is 1.60 bits per heavy atom. The van der Waals surface area contributed by atoms with Gasteiger partial charge in [-0.3, -0.25) is 9.69 Å². The molecular weight excluding hydrogens is 262 g/mol. The summed E-state index contributed by atoms with van der Waals surface area (Å²) < 4.78 is 0.585. The summed E-state index contributed by atoms with van der Waals surface area (Å²) >= 11 is 3.25. The van der Waals surface area contributed by atoms with E-state index >= 15 is 0 Å². The van der Waals surface area contributed by atoms with Gasteiger partial charge in [-0.2, -0.15) is 0 Å². The molecule has 1 aliphatic heterocycles. The largest absolute Gasteiger partial charge is 0.480 e. The van der Waals surface area contributed by atoms with Crippen LogP contribution in [0.2, 0.25) is 0 Å². The molecule has 1 saturated heterocycles. The second kappa shape index (κ2) is 4.32. The predicted octanol–water partition coefficient (Wildman–Crippen LogP) is 1.39. The van der Waals surface area contributed by atoms with Gasteiger partial charge in [-0.1, -0.05) is 0 Å². The average Bonchev–Trinajstić information content (AvgIpc) is 2.79. The van der Waals surface area contributed by atoms with Crippen molar-refractivity contribution in [1.29, 1.82) is 0 Å². The van der Waals surface area contributed by atoms with Crippen molar-refractivity contribution in [2.75, 3.05) is 13.1 Å². The summed E-state index contributed by atoms with van der Waals surface area (Å²) in [5.41, 5.74) is 0.629. The summed E-state index contributed by atoms with van der Waals surface area (Å²) in [6, 6.07) is -0.607. The fraction of sp³-hybridized carbons (Fsp3) is 0.556. The number of imidazole rings is 1. The molecule has 2 rings (SSSR count). The lowest BCUT2D eigenvalue weighted by Crippen LogP contribution is -2.32. The Morgan fingerprint density at radius 2 is 2.27 bits per heavy atom. The number of H-pyrrole nitrogens is 1. The van der Waals surface area contributed by atoms with E-state index in [-0.39, 0.29) is 0 Å². The highest BCUT2D eigenvalue weighted by atomic mass is 79.9. The summed E-state index contributed by atoms with van der Waals surface area (Å²) in [4.78, 5) is 20.0. The molecule has 2 heterocycles. The van der Waals surface area contributed by atoms with E-state index in [1.54, 1.807) is 0 Å². The van der Waals surface area contributed by atoms with E-state index in [0.717, 1.165) is 25.9 Å². The number of aromatic nitrogens is 2. The van der Waals surface area contributed by atoms with Crippen LogP contribution >= 0.6 is 15.9 Å². The van der Waals surface area contributed by atoms with Crippen molar-refractivity contribution >= 4 is 21.9 Å². The van der Waals surface area contributed by atoms with Crippen LogP contribution in [0.4, 0.5) is 0 Å².